The number of likely N-dealkylation sites (tertiary alicyclic amines) is 1. The Labute approximate surface area is 150 Å². The number of amides is 2. The van der Waals surface area contributed by atoms with E-state index >= 15 is 0 Å². The lowest BCUT2D eigenvalue weighted by molar-refractivity contribution is -0.139. The highest BCUT2D eigenvalue weighted by atomic mass is 16.2. The van der Waals surface area contributed by atoms with Crippen molar-refractivity contribution in [2.45, 2.75) is 38.5 Å². The minimum absolute atomic E-state index is 0.0165. The second kappa shape index (κ2) is 7.19. The second-order valence-corrected chi connectivity index (χ2v) is 8.15. The molecule has 1 aromatic carbocycles. The molecule has 4 heteroatoms. The van der Waals surface area contributed by atoms with E-state index in [-0.39, 0.29) is 11.8 Å². The maximum atomic E-state index is 12.9. The molecule has 1 N–H and O–H groups in total. The first-order valence-corrected chi connectivity index (χ1v) is 9.82. The molecule has 3 aliphatic rings. The maximum Gasteiger partial charge on any atom is 0.251 e. The van der Waals surface area contributed by atoms with Crippen molar-refractivity contribution in [2.24, 2.45) is 23.7 Å². The molecule has 0 spiro atoms. The maximum absolute atomic E-state index is 12.9. The smallest absolute Gasteiger partial charge is 0.251 e. The van der Waals surface area contributed by atoms with Crippen LogP contribution in [0.25, 0.3) is 0 Å². The van der Waals surface area contributed by atoms with Crippen LogP contribution in [0.15, 0.2) is 30.3 Å². The van der Waals surface area contributed by atoms with E-state index in [1.807, 2.05) is 30.3 Å². The third kappa shape index (κ3) is 3.58. The molecule has 2 bridgehead atoms. The third-order valence-corrected chi connectivity index (χ3v) is 6.47. The normalized spacial score (nSPS) is 31.1. The summed E-state index contributed by atoms with van der Waals surface area (Å²) < 4.78 is 0. The highest BCUT2D eigenvalue weighted by molar-refractivity contribution is 5.94. The van der Waals surface area contributed by atoms with Crippen LogP contribution in [-0.2, 0) is 4.79 Å². The molecule has 3 fully saturated rings. The summed E-state index contributed by atoms with van der Waals surface area (Å²) in [5, 5.41) is 3.05. The zero-order valence-electron chi connectivity index (χ0n) is 14.8. The van der Waals surface area contributed by atoms with Gasteiger partial charge in [0.1, 0.15) is 0 Å². The average Bonchev–Trinajstić information content (AvgIpc) is 3.30. The van der Waals surface area contributed by atoms with Crippen LogP contribution in [0.3, 0.4) is 0 Å². The van der Waals surface area contributed by atoms with E-state index in [4.69, 9.17) is 0 Å². The highest BCUT2D eigenvalue weighted by Gasteiger charge is 2.44. The Morgan fingerprint density at radius 1 is 1.08 bits per heavy atom. The van der Waals surface area contributed by atoms with Gasteiger partial charge in [-0.05, 0) is 62.0 Å². The minimum atomic E-state index is -0.0165. The van der Waals surface area contributed by atoms with Gasteiger partial charge in [-0.3, -0.25) is 9.59 Å². The Hall–Kier alpha value is -1.84. The van der Waals surface area contributed by atoms with Crippen LogP contribution in [-0.4, -0.2) is 36.3 Å². The largest absolute Gasteiger partial charge is 0.352 e. The predicted molar refractivity (Wildman–Crippen MR) is 97.0 cm³/mol. The van der Waals surface area contributed by atoms with Crippen LogP contribution >= 0.6 is 0 Å². The molecule has 134 valence electrons. The molecule has 1 heterocycles. The van der Waals surface area contributed by atoms with Crippen molar-refractivity contribution in [3.63, 3.8) is 0 Å². The summed E-state index contributed by atoms with van der Waals surface area (Å²) >= 11 is 0. The molecule has 1 aromatic rings. The van der Waals surface area contributed by atoms with Gasteiger partial charge in [-0.15, -0.1) is 0 Å². The van der Waals surface area contributed by atoms with E-state index < -0.39 is 0 Å². The zero-order chi connectivity index (χ0) is 17.2. The van der Waals surface area contributed by atoms with Crippen molar-refractivity contribution in [3.05, 3.63) is 35.9 Å². The SMILES string of the molecule is O=C(NC[C@H]1CCCN(C(=O)[C@H]2C[C@H]3CC[C@H]2C3)C1)c1ccccc1. The molecule has 2 aliphatic carbocycles. The Balaban J connectivity index is 1.29. The van der Waals surface area contributed by atoms with Crippen LogP contribution < -0.4 is 5.32 Å². The van der Waals surface area contributed by atoms with Gasteiger partial charge in [0.15, 0.2) is 0 Å². The minimum Gasteiger partial charge on any atom is -0.352 e. The standard InChI is InChI=1S/C21H28N2O2/c24-20(17-6-2-1-3-7-17)22-13-16-5-4-10-23(14-16)21(25)19-12-15-8-9-18(19)11-15/h1-3,6-7,15-16,18-19H,4-5,8-14H2,(H,22,24)/t15-,16+,18-,19-/m0/s1. The highest BCUT2D eigenvalue weighted by Crippen LogP contribution is 2.49. The predicted octanol–water partition coefficient (Wildman–Crippen LogP) is 3.09. The van der Waals surface area contributed by atoms with E-state index in [1.165, 1.54) is 19.3 Å². The van der Waals surface area contributed by atoms with Crippen molar-refractivity contribution >= 4 is 11.8 Å². The summed E-state index contributed by atoms with van der Waals surface area (Å²) in [6.45, 7) is 2.37. The van der Waals surface area contributed by atoms with Crippen molar-refractivity contribution in [1.29, 1.82) is 0 Å². The molecule has 0 unspecified atom stereocenters. The Morgan fingerprint density at radius 3 is 2.64 bits per heavy atom. The number of hydrogen-bond acceptors (Lipinski definition) is 2. The van der Waals surface area contributed by atoms with E-state index in [1.54, 1.807) is 0 Å². The topological polar surface area (TPSA) is 49.4 Å². The van der Waals surface area contributed by atoms with Gasteiger partial charge in [0.05, 0.1) is 0 Å². The number of benzene rings is 1. The van der Waals surface area contributed by atoms with Crippen LogP contribution in [0.2, 0.25) is 0 Å². The molecule has 0 aromatic heterocycles. The zero-order valence-corrected chi connectivity index (χ0v) is 14.8. The van der Waals surface area contributed by atoms with E-state index in [0.717, 1.165) is 38.3 Å². The van der Waals surface area contributed by atoms with Crippen molar-refractivity contribution in [2.75, 3.05) is 19.6 Å². The fourth-order valence-electron chi connectivity index (χ4n) is 5.14. The van der Waals surface area contributed by atoms with E-state index in [2.05, 4.69) is 10.2 Å². The molecule has 1 aliphatic heterocycles. The summed E-state index contributed by atoms with van der Waals surface area (Å²) in [4.78, 5) is 27.2. The fraction of sp³-hybridized carbons (Fsp3) is 0.619. The van der Waals surface area contributed by atoms with Gasteiger partial charge in [-0.25, -0.2) is 0 Å². The van der Waals surface area contributed by atoms with Crippen LogP contribution in [0.1, 0.15) is 48.9 Å². The lowest BCUT2D eigenvalue weighted by Gasteiger charge is -2.36. The van der Waals surface area contributed by atoms with Crippen LogP contribution in [0, 0.1) is 23.7 Å². The summed E-state index contributed by atoms with van der Waals surface area (Å²) in [6, 6.07) is 9.34. The van der Waals surface area contributed by atoms with Crippen molar-refractivity contribution < 1.29 is 9.59 Å². The van der Waals surface area contributed by atoms with Gasteiger partial charge in [-0.2, -0.15) is 0 Å². The molecule has 4 atom stereocenters. The van der Waals surface area contributed by atoms with Crippen LogP contribution in [0.4, 0.5) is 0 Å². The van der Waals surface area contributed by atoms with Gasteiger partial charge in [0, 0.05) is 31.1 Å². The summed E-state index contributed by atoms with van der Waals surface area (Å²) in [5.41, 5.74) is 0.702. The summed E-state index contributed by atoms with van der Waals surface area (Å²) in [5.74, 6) is 2.50. The number of hydrogen-bond donors (Lipinski definition) is 1. The average molecular weight is 340 g/mol. The number of rotatable bonds is 4. The first-order chi connectivity index (χ1) is 12.2. The van der Waals surface area contributed by atoms with Gasteiger partial charge < -0.3 is 10.2 Å². The van der Waals surface area contributed by atoms with Gasteiger partial charge in [-0.1, -0.05) is 24.6 Å². The first kappa shape index (κ1) is 16.6. The van der Waals surface area contributed by atoms with Crippen molar-refractivity contribution in [3.8, 4) is 0 Å². The molecular weight excluding hydrogens is 312 g/mol. The molecule has 0 radical (unpaired) electrons. The number of carbonyl (C=O) groups excluding carboxylic acids is 2. The van der Waals surface area contributed by atoms with E-state index in [0.29, 0.717) is 29.9 Å². The first-order valence-electron chi connectivity index (χ1n) is 9.82. The second-order valence-electron chi connectivity index (χ2n) is 8.15. The van der Waals surface area contributed by atoms with E-state index in [9.17, 15) is 9.59 Å². The van der Waals surface area contributed by atoms with Gasteiger partial charge >= 0.3 is 0 Å². The Bertz CT molecular complexity index is 630. The quantitative estimate of drug-likeness (QED) is 0.916. The molecule has 4 nitrogen and oxygen atoms in total. The summed E-state index contributed by atoms with van der Waals surface area (Å²) in [7, 11) is 0. The molecule has 1 saturated heterocycles. The third-order valence-electron chi connectivity index (χ3n) is 6.47. The molecule has 25 heavy (non-hydrogen) atoms. The van der Waals surface area contributed by atoms with Crippen LogP contribution in [0.5, 0.6) is 0 Å². The van der Waals surface area contributed by atoms with Gasteiger partial charge in [0.2, 0.25) is 5.91 Å². The monoisotopic (exact) mass is 340 g/mol. The number of nitrogens with one attached hydrogen (secondary N) is 1. The summed E-state index contributed by atoms with van der Waals surface area (Å²) in [6.07, 6.45) is 7.14. The molecule has 4 rings (SSSR count). The molecule has 2 saturated carbocycles. The number of piperidine rings is 1. The number of fused-ring (bicyclic) bond motifs is 2. The lowest BCUT2D eigenvalue weighted by atomic mass is 9.86. The number of carbonyl (C=O) groups is 2. The number of nitrogens with zero attached hydrogens (tertiary/aromatic N) is 1. The van der Waals surface area contributed by atoms with Crippen molar-refractivity contribution in [1.82, 2.24) is 10.2 Å². The fourth-order valence-corrected chi connectivity index (χ4v) is 5.14. The van der Waals surface area contributed by atoms with Gasteiger partial charge in [0.25, 0.3) is 5.91 Å². The Morgan fingerprint density at radius 2 is 1.92 bits per heavy atom. The lowest BCUT2D eigenvalue weighted by Crippen LogP contribution is -2.46. The molecular formula is C21H28N2O2. The Kier molecular flexibility index (Phi) is 4.78. The molecule has 2 amide bonds.